The molecular weight excluding hydrogens is 400 g/mol. The number of nitrogens with one attached hydrogen (secondary N) is 1. The maximum absolute atomic E-state index is 12.7. The first-order chi connectivity index (χ1) is 14.8. The molecular formula is C22H26N4O5. The number of ether oxygens (including phenoxy) is 1. The number of nitro groups is 1. The van der Waals surface area contributed by atoms with Crippen LogP contribution in [-0.4, -0.2) is 61.0 Å². The average Bonchev–Trinajstić information content (AvgIpc) is 2.78. The quantitative estimate of drug-likeness (QED) is 0.562. The van der Waals surface area contributed by atoms with Crippen molar-refractivity contribution in [2.24, 2.45) is 0 Å². The topological polar surface area (TPSA) is 105 Å². The number of hydrogen-bond donors (Lipinski definition) is 1. The molecule has 0 bridgehead atoms. The van der Waals surface area contributed by atoms with Crippen LogP contribution in [0, 0.1) is 10.1 Å². The molecule has 0 radical (unpaired) electrons. The summed E-state index contributed by atoms with van der Waals surface area (Å²) in [5, 5.41) is 14.4. The van der Waals surface area contributed by atoms with Crippen molar-refractivity contribution in [3.05, 3.63) is 63.7 Å². The molecule has 0 aromatic heterocycles. The number of anilines is 1. The Hall–Kier alpha value is -3.62. The molecule has 9 heteroatoms. The fourth-order valence-electron chi connectivity index (χ4n) is 3.49. The van der Waals surface area contributed by atoms with Crippen LogP contribution in [0.25, 0.3) is 0 Å². The molecule has 3 rings (SSSR count). The van der Waals surface area contributed by atoms with Gasteiger partial charge in [0.15, 0.2) is 0 Å². The summed E-state index contributed by atoms with van der Waals surface area (Å²) >= 11 is 0. The van der Waals surface area contributed by atoms with Gasteiger partial charge >= 0.3 is 0 Å². The van der Waals surface area contributed by atoms with E-state index in [0.29, 0.717) is 43.2 Å². The van der Waals surface area contributed by atoms with Crippen LogP contribution in [0.1, 0.15) is 34.6 Å². The van der Waals surface area contributed by atoms with Crippen LogP contribution < -0.4 is 15.0 Å². The Morgan fingerprint density at radius 1 is 1.03 bits per heavy atom. The first kappa shape index (κ1) is 22.1. The lowest BCUT2D eigenvalue weighted by molar-refractivity contribution is -0.384. The molecule has 0 spiro atoms. The van der Waals surface area contributed by atoms with Gasteiger partial charge in [0.05, 0.1) is 12.0 Å². The van der Waals surface area contributed by atoms with Crippen molar-refractivity contribution in [2.75, 3.05) is 38.2 Å². The monoisotopic (exact) mass is 426 g/mol. The standard InChI is InChI=1S/C22H26N4O5/c1-15(2)23-21(27)17-6-9-19(20(14-17)26(29)30)24-10-12-25(13-11-24)22(28)16-4-7-18(31-3)8-5-16/h4-9,14-15H,10-13H2,1-3H3,(H,23,27). The Morgan fingerprint density at radius 2 is 1.65 bits per heavy atom. The molecule has 0 atom stereocenters. The lowest BCUT2D eigenvalue weighted by Gasteiger charge is -2.36. The SMILES string of the molecule is COc1ccc(C(=O)N2CCN(c3ccc(C(=O)NC(C)C)cc3[N+](=O)[O-])CC2)cc1. The van der Waals surface area contributed by atoms with E-state index in [0.717, 1.165) is 0 Å². The minimum absolute atomic E-state index is 0.0671. The zero-order chi connectivity index (χ0) is 22.5. The number of carbonyl (C=O) groups is 2. The Labute approximate surface area is 180 Å². The number of piperazine rings is 1. The van der Waals surface area contributed by atoms with Crippen LogP contribution in [-0.2, 0) is 0 Å². The number of rotatable bonds is 6. The van der Waals surface area contributed by atoms with Gasteiger partial charge in [-0.25, -0.2) is 0 Å². The lowest BCUT2D eigenvalue weighted by atomic mass is 10.1. The van der Waals surface area contributed by atoms with Crippen molar-refractivity contribution in [1.29, 1.82) is 0 Å². The molecule has 1 fully saturated rings. The van der Waals surface area contributed by atoms with Crippen LogP contribution in [0.5, 0.6) is 5.75 Å². The largest absolute Gasteiger partial charge is 0.497 e. The van der Waals surface area contributed by atoms with Crippen LogP contribution in [0.3, 0.4) is 0 Å². The third-order valence-corrected chi connectivity index (χ3v) is 5.10. The number of amides is 2. The van der Waals surface area contributed by atoms with Gasteiger partial charge < -0.3 is 19.9 Å². The third kappa shape index (κ3) is 5.11. The van der Waals surface area contributed by atoms with Crippen molar-refractivity contribution >= 4 is 23.2 Å². The van der Waals surface area contributed by atoms with E-state index in [4.69, 9.17) is 4.74 Å². The predicted octanol–water partition coefficient (Wildman–Crippen LogP) is 2.70. The van der Waals surface area contributed by atoms with Crippen LogP contribution in [0.15, 0.2) is 42.5 Å². The lowest BCUT2D eigenvalue weighted by Crippen LogP contribution is -2.49. The molecule has 1 N–H and O–H groups in total. The molecule has 164 valence electrons. The molecule has 9 nitrogen and oxygen atoms in total. The number of hydrogen-bond acceptors (Lipinski definition) is 6. The van der Waals surface area contributed by atoms with Gasteiger partial charge in [-0.15, -0.1) is 0 Å². The van der Waals surface area contributed by atoms with E-state index in [1.165, 1.54) is 6.07 Å². The van der Waals surface area contributed by atoms with E-state index in [1.54, 1.807) is 48.4 Å². The van der Waals surface area contributed by atoms with E-state index >= 15 is 0 Å². The summed E-state index contributed by atoms with van der Waals surface area (Å²) in [5.74, 6) is 0.247. The fourth-order valence-corrected chi connectivity index (χ4v) is 3.49. The van der Waals surface area contributed by atoms with Crippen LogP contribution >= 0.6 is 0 Å². The van der Waals surface area contributed by atoms with Crippen LogP contribution in [0.2, 0.25) is 0 Å². The number of carbonyl (C=O) groups excluding carboxylic acids is 2. The van der Waals surface area contributed by atoms with Crippen molar-refractivity contribution < 1.29 is 19.2 Å². The average molecular weight is 426 g/mol. The Balaban J connectivity index is 1.71. The molecule has 2 amide bonds. The molecule has 1 heterocycles. The van der Waals surface area contributed by atoms with E-state index in [9.17, 15) is 19.7 Å². The fraction of sp³-hybridized carbons (Fsp3) is 0.364. The highest BCUT2D eigenvalue weighted by atomic mass is 16.6. The highest BCUT2D eigenvalue weighted by Gasteiger charge is 2.27. The Morgan fingerprint density at radius 3 is 2.19 bits per heavy atom. The number of benzene rings is 2. The first-order valence-corrected chi connectivity index (χ1v) is 10.1. The zero-order valence-electron chi connectivity index (χ0n) is 17.8. The summed E-state index contributed by atoms with van der Waals surface area (Å²) in [4.78, 5) is 39.7. The minimum atomic E-state index is -0.476. The number of methoxy groups -OCH3 is 1. The summed E-state index contributed by atoms with van der Waals surface area (Å²) in [7, 11) is 1.57. The molecule has 1 aliphatic heterocycles. The van der Waals surface area contributed by atoms with Gasteiger partial charge in [-0.2, -0.15) is 0 Å². The van der Waals surface area contributed by atoms with Gasteiger partial charge in [0.25, 0.3) is 17.5 Å². The second-order valence-corrected chi connectivity index (χ2v) is 7.60. The van der Waals surface area contributed by atoms with Gasteiger partial charge in [0.2, 0.25) is 0 Å². The molecule has 1 saturated heterocycles. The third-order valence-electron chi connectivity index (χ3n) is 5.10. The van der Waals surface area contributed by atoms with E-state index in [1.807, 2.05) is 18.7 Å². The second-order valence-electron chi connectivity index (χ2n) is 7.60. The summed E-state index contributed by atoms with van der Waals surface area (Å²) < 4.78 is 5.12. The normalized spacial score (nSPS) is 13.8. The summed E-state index contributed by atoms with van der Waals surface area (Å²) in [6.45, 7) is 5.45. The molecule has 2 aromatic rings. The first-order valence-electron chi connectivity index (χ1n) is 10.1. The highest BCUT2D eigenvalue weighted by molar-refractivity contribution is 5.96. The molecule has 0 aliphatic carbocycles. The van der Waals surface area contributed by atoms with Gasteiger partial charge in [-0.3, -0.25) is 19.7 Å². The van der Waals surface area contributed by atoms with Crippen molar-refractivity contribution in [2.45, 2.75) is 19.9 Å². The zero-order valence-corrected chi connectivity index (χ0v) is 17.8. The van der Waals surface area contributed by atoms with Gasteiger partial charge in [-0.05, 0) is 50.2 Å². The van der Waals surface area contributed by atoms with Crippen molar-refractivity contribution in [3.8, 4) is 5.75 Å². The molecule has 0 saturated carbocycles. The number of nitrogens with zero attached hydrogens (tertiary/aromatic N) is 3. The highest BCUT2D eigenvalue weighted by Crippen LogP contribution is 2.30. The number of nitro benzene ring substituents is 1. The van der Waals surface area contributed by atoms with Gasteiger partial charge in [0, 0.05) is 49.4 Å². The maximum atomic E-state index is 12.7. The Kier molecular flexibility index (Phi) is 6.74. The van der Waals surface area contributed by atoms with E-state index < -0.39 is 4.92 Å². The molecule has 31 heavy (non-hydrogen) atoms. The smallest absolute Gasteiger partial charge is 0.293 e. The second kappa shape index (κ2) is 9.46. The van der Waals surface area contributed by atoms with E-state index in [-0.39, 0.29) is 29.1 Å². The van der Waals surface area contributed by atoms with Crippen LogP contribution in [0.4, 0.5) is 11.4 Å². The molecule has 0 unspecified atom stereocenters. The predicted molar refractivity (Wildman–Crippen MR) is 117 cm³/mol. The Bertz CT molecular complexity index is 966. The van der Waals surface area contributed by atoms with Crippen molar-refractivity contribution in [1.82, 2.24) is 10.2 Å². The summed E-state index contributed by atoms with van der Waals surface area (Å²) in [6.07, 6.45) is 0. The van der Waals surface area contributed by atoms with Crippen molar-refractivity contribution in [3.63, 3.8) is 0 Å². The van der Waals surface area contributed by atoms with E-state index in [2.05, 4.69) is 5.32 Å². The molecule has 1 aliphatic rings. The summed E-state index contributed by atoms with van der Waals surface area (Å²) in [6, 6.07) is 11.4. The summed E-state index contributed by atoms with van der Waals surface area (Å²) in [5.41, 5.74) is 1.15. The van der Waals surface area contributed by atoms with Gasteiger partial charge in [0.1, 0.15) is 11.4 Å². The molecule has 2 aromatic carbocycles. The van der Waals surface area contributed by atoms with Gasteiger partial charge in [-0.1, -0.05) is 0 Å². The maximum Gasteiger partial charge on any atom is 0.293 e. The minimum Gasteiger partial charge on any atom is -0.497 e.